The molecular formula is C16H18F3NO6S. The Kier molecular flexibility index (Phi) is 6.03. The maximum atomic E-state index is 12.3. The van der Waals surface area contributed by atoms with Gasteiger partial charge in [0.05, 0.1) is 17.1 Å². The number of sulfone groups is 1. The summed E-state index contributed by atoms with van der Waals surface area (Å²) in [5.41, 5.74) is -0.0599. The number of rotatable bonds is 5. The third kappa shape index (κ3) is 5.84. The SMILES string of the molecule is C[C@H](OC(=O)c1ccc(OC(F)(F)F)cc1)C(=O)N(C)[C@@H]1CCS(=O)(=O)C1. The van der Waals surface area contributed by atoms with Crippen molar-refractivity contribution in [1.29, 1.82) is 0 Å². The summed E-state index contributed by atoms with van der Waals surface area (Å²) in [6.07, 6.45) is -5.72. The van der Waals surface area contributed by atoms with Crippen LogP contribution in [0.25, 0.3) is 0 Å². The maximum absolute atomic E-state index is 12.3. The highest BCUT2D eigenvalue weighted by Crippen LogP contribution is 2.23. The second kappa shape index (κ2) is 7.75. The summed E-state index contributed by atoms with van der Waals surface area (Å²) in [4.78, 5) is 25.6. The fourth-order valence-corrected chi connectivity index (χ4v) is 4.39. The van der Waals surface area contributed by atoms with Crippen molar-refractivity contribution in [1.82, 2.24) is 4.90 Å². The summed E-state index contributed by atoms with van der Waals surface area (Å²) in [5, 5.41) is 0. The van der Waals surface area contributed by atoms with Crippen LogP contribution in [-0.4, -0.2) is 62.3 Å². The predicted molar refractivity (Wildman–Crippen MR) is 87.8 cm³/mol. The van der Waals surface area contributed by atoms with E-state index in [0.29, 0.717) is 6.42 Å². The van der Waals surface area contributed by atoms with Crippen LogP contribution < -0.4 is 4.74 Å². The number of hydrogen-bond acceptors (Lipinski definition) is 6. The van der Waals surface area contributed by atoms with Crippen molar-refractivity contribution in [3.8, 4) is 5.75 Å². The molecule has 0 bridgehead atoms. The molecule has 1 aromatic rings. The van der Waals surface area contributed by atoms with Gasteiger partial charge in [0.2, 0.25) is 0 Å². The van der Waals surface area contributed by atoms with Crippen molar-refractivity contribution >= 4 is 21.7 Å². The topological polar surface area (TPSA) is 90.0 Å². The number of amides is 1. The summed E-state index contributed by atoms with van der Waals surface area (Å²) in [7, 11) is -1.74. The lowest BCUT2D eigenvalue weighted by atomic mass is 10.2. The minimum atomic E-state index is -4.85. The second-order valence-electron chi connectivity index (χ2n) is 6.13. The van der Waals surface area contributed by atoms with Crippen LogP contribution in [-0.2, 0) is 19.4 Å². The monoisotopic (exact) mass is 409 g/mol. The molecule has 0 spiro atoms. The third-order valence-electron chi connectivity index (χ3n) is 4.06. The Balaban J connectivity index is 1.95. The van der Waals surface area contributed by atoms with E-state index in [1.54, 1.807) is 0 Å². The molecule has 1 saturated heterocycles. The molecule has 11 heteroatoms. The Morgan fingerprint density at radius 2 is 1.81 bits per heavy atom. The van der Waals surface area contributed by atoms with E-state index < -0.39 is 46.0 Å². The molecule has 2 atom stereocenters. The zero-order valence-corrected chi connectivity index (χ0v) is 15.3. The standard InChI is InChI=1S/C16H18F3NO6S/c1-10(14(21)20(2)12-7-8-27(23,24)9-12)25-15(22)11-3-5-13(6-4-11)26-16(17,18)19/h3-6,10,12H,7-9H2,1-2H3/t10-,12+/m0/s1. The molecule has 1 aliphatic heterocycles. The molecule has 27 heavy (non-hydrogen) atoms. The minimum absolute atomic E-state index is 0.00417. The van der Waals surface area contributed by atoms with E-state index in [4.69, 9.17) is 4.74 Å². The first-order chi connectivity index (χ1) is 12.4. The number of likely N-dealkylation sites (N-methyl/N-ethyl adjacent to an activating group) is 1. The van der Waals surface area contributed by atoms with Gasteiger partial charge in [-0.05, 0) is 37.6 Å². The second-order valence-corrected chi connectivity index (χ2v) is 8.35. The zero-order valence-electron chi connectivity index (χ0n) is 14.5. The average molecular weight is 409 g/mol. The molecule has 1 aromatic carbocycles. The van der Waals surface area contributed by atoms with Gasteiger partial charge in [0.15, 0.2) is 15.9 Å². The van der Waals surface area contributed by atoms with Gasteiger partial charge in [0, 0.05) is 13.1 Å². The molecule has 0 aromatic heterocycles. The van der Waals surface area contributed by atoms with Crippen LogP contribution in [0.4, 0.5) is 13.2 Å². The van der Waals surface area contributed by atoms with Gasteiger partial charge in [0.25, 0.3) is 5.91 Å². The fraction of sp³-hybridized carbons (Fsp3) is 0.500. The van der Waals surface area contributed by atoms with Gasteiger partial charge in [-0.3, -0.25) is 4.79 Å². The van der Waals surface area contributed by atoms with Crippen LogP contribution in [0.3, 0.4) is 0 Å². The summed E-state index contributed by atoms with van der Waals surface area (Å²) in [6, 6.07) is 3.57. The van der Waals surface area contributed by atoms with Gasteiger partial charge in [-0.2, -0.15) is 0 Å². The molecule has 1 amide bonds. The number of alkyl halides is 3. The molecule has 1 fully saturated rings. The van der Waals surface area contributed by atoms with Crippen molar-refractivity contribution in [3.63, 3.8) is 0 Å². The number of carbonyl (C=O) groups is 2. The fourth-order valence-electron chi connectivity index (χ4n) is 2.62. The molecule has 1 aliphatic rings. The summed E-state index contributed by atoms with van der Waals surface area (Å²) >= 11 is 0. The number of esters is 1. The lowest BCUT2D eigenvalue weighted by molar-refractivity contribution is -0.274. The zero-order chi connectivity index (χ0) is 20.4. The average Bonchev–Trinajstić information content (AvgIpc) is 2.92. The van der Waals surface area contributed by atoms with Crippen molar-refractivity contribution in [3.05, 3.63) is 29.8 Å². The molecule has 0 radical (unpaired) electrons. The van der Waals surface area contributed by atoms with Crippen molar-refractivity contribution < 1.29 is 40.7 Å². The van der Waals surface area contributed by atoms with Crippen LogP contribution in [0.1, 0.15) is 23.7 Å². The van der Waals surface area contributed by atoms with Crippen LogP contribution in [0.5, 0.6) is 5.75 Å². The number of benzene rings is 1. The van der Waals surface area contributed by atoms with Crippen molar-refractivity contribution in [2.24, 2.45) is 0 Å². The summed E-state index contributed by atoms with van der Waals surface area (Å²) in [6.45, 7) is 1.33. The smallest absolute Gasteiger partial charge is 0.449 e. The molecule has 150 valence electrons. The van der Waals surface area contributed by atoms with E-state index in [2.05, 4.69) is 4.74 Å². The Morgan fingerprint density at radius 1 is 1.22 bits per heavy atom. The minimum Gasteiger partial charge on any atom is -0.449 e. The van der Waals surface area contributed by atoms with E-state index in [9.17, 15) is 31.2 Å². The largest absolute Gasteiger partial charge is 0.573 e. The van der Waals surface area contributed by atoms with E-state index in [1.165, 1.54) is 18.9 Å². The highest BCUT2D eigenvalue weighted by Gasteiger charge is 2.35. The Bertz CT molecular complexity index is 806. The van der Waals surface area contributed by atoms with Gasteiger partial charge >= 0.3 is 12.3 Å². The Hall–Kier alpha value is -2.30. The molecule has 1 heterocycles. The first-order valence-electron chi connectivity index (χ1n) is 7.92. The maximum Gasteiger partial charge on any atom is 0.573 e. The van der Waals surface area contributed by atoms with Gasteiger partial charge in [-0.15, -0.1) is 13.2 Å². The molecule has 0 saturated carbocycles. The molecule has 2 rings (SSSR count). The van der Waals surface area contributed by atoms with E-state index in [-0.39, 0.29) is 17.1 Å². The molecule has 0 aliphatic carbocycles. The quantitative estimate of drug-likeness (QED) is 0.689. The molecule has 0 N–H and O–H groups in total. The number of halogens is 3. The molecule has 7 nitrogen and oxygen atoms in total. The molecular weight excluding hydrogens is 391 g/mol. The lowest BCUT2D eigenvalue weighted by Crippen LogP contribution is -2.44. The summed E-state index contributed by atoms with van der Waals surface area (Å²) < 4.78 is 68.1. The summed E-state index contributed by atoms with van der Waals surface area (Å²) in [5.74, 6) is -2.11. The number of nitrogens with zero attached hydrogens (tertiary/aromatic N) is 1. The van der Waals surface area contributed by atoms with Crippen LogP contribution in [0.2, 0.25) is 0 Å². The first kappa shape index (κ1) is 21.0. The van der Waals surface area contributed by atoms with E-state index >= 15 is 0 Å². The molecule has 0 unspecified atom stereocenters. The predicted octanol–water partition coefficient (Wildman–Crippen LogP) is 1.78. The van der Waals surface area contributed by atoms with Crippen LogP contribution in [0.15, 0.2) is 24.3 Å². The highest BCUT2D eigenvalue weighted by molar-refractivity contribution is 7.91. The first-order valence-corrected chi connectivity index (χ1v) is 9.74. The normalized spacial score (nSPS) is 20.0. The van der Waals surface area contributed by atoms with Crippen LogP contribution >= 0.6 is 0 Å². The van der Waals surface area contributed by atoms with Gasteiger partial charge in [-0.25, -0.2) is 13.2 Å². The van der Waals surface area contributed by atoms with Crippen molar-refractivity contribution in [2.75, 3.05) is 18.6 Å². The highest BCUT2D eigenvalue weighted by atomic mass is 32.2. The van der Waals surface area contributed by atoms with Gasteiger partial charge in [0.1, 0.15) is 5.75 Å². The lowest BCUT2D eigenvalue weighted by Gasteiger charge is -2.26. The van der Waals surface area contributed by atoms with Gasteiger partial charge < -0.3 is 14.4 Å². The van der Waals surface area contributed by atoms with Crippen LogP contribution in [0, 0.1) is 0 Å². The Morgan fingerprint density at radius 3 is 2.30 bits per heavy atom. The Labute approximate surface area is 154 Å². The number of hydrogen-bond donors (Lipinski definition) is 0. The van der Waals surface area contributed by atoms with E-state index in [1.807, 2.05) is 0 Å². The van der Waals surface area contributed by atoms with Crippen molar-refractivity contribution in [2.45, 2.75) is 31.9 Å². The third-order valence-corrected chi connectivity index (χ3v) is 5.81. The number of ether oxygens (including phenoxy) is 2. The number of carbonyl (C=O) groups excluding carboxylic acids is 2. The van der Waals surface area contributed by atoms with Gasteiger partial charge in [-0.1, -0.05) is 0 Å². The van der Waals surface area contributed by atoms with E-state index in [0.717, 1.165) is 24.3 Å².